The lowest BCUT2D eigenvalue weighted by atomic mass is 10.1. The van der Waals surface area contributed by atoms with Crippen LogP contribution in [0.1, 0.15) is 45.2 Å². The van der Waals surface area contributed by atoms with E-state index >= 15 is 0 Å². The fourth-order valence-corrected chi connectivity index (χ4v) is 4.76. The molecular formula is C26H34N6O4. The Morgan fingerprint density at radius 2 is 1.89 bits per heavy atom. The van der Waals surface area contributed by atoms with Gasteiger partial charge in [0.25, 0.3) is 0 Å². The summed E-state index contributed by atoms with van der Waals surface area (Å²) in [6, 6.07) is 7.84. The molecule has 2 saturated heterocycles. The van der Waals surface area contributed by atoms with Gasteiger partial charge in [0.05, 0.1) is 26.1 Å². The van der Waals surface area contributed by atoms with Crippen molar-refractivity contribution in [3.05, 3.63) is 36.2 Å². The molecule has 0 unspecified atom stereocenters. The van der Waals surface area contributed by atoms with Gasteiger partial charge in [-0.25, -0.2) is 19.7 Å². The number of likely N-dealkylation sites (tertiary alicyclic amines) is 1. The Morgan fingerprint density at radius 1 is 1.14 bits per heavy atom. The summed E-state index contributed by atoms with van der Waals surface area (Å²) in [5.41, 5.74) is 2.71. The number of piperidine rings is 1. The zero-order chi connectivity index (χ0) is 25.3. The molecule has 2 aliphatic heterocycles. The molecule has 0 atom stereocenters. The molecule has 4 heterocycles. The molecule has 1 N–H and O–H groups in total. The Labute approximate surface area is 210 Å². The van der Waals surface area contributed by atoms with Crippen LogP contribution in [0.25, 0.3) is 22.6 Å². The van der Waals surface area contributed by atoms with Gasteiger partial charge in [-0.05, 0) is 45.2 Å². The smallest absolute Gasteiger partial charge is 0.410 e. The first-order valence-electron chi connectivity index (χ1n) is 12.6. The average molecular weight is 495 g/mol. The van der Waals surface area contributed by atoms with Crippen molar-refractivity contribution in [2.75, 3.05) is 44.3 Å². The first-order chi connectivity index (χ1) is 17.3. The lowest BCUT2D eigenvalue weighted by Gasteiger charge is -2.34. The van der Waals surface area contributed by atoms with Crippen molar-refractivity contribution in [3.63, 3.8) is 0 Å². The second kappa shape index (κ2) is 10.0. The Hall–Kier alpha value is -3.24. The highest BCUT2D eigenvalue weighted by Gasteiger charge is 2.29. The third kappa shape index (κ3) is 5.15. The van der Waals surface area contributed by atoms with Gasteiger partial charge in [0.15, 0.2) is 22.8 Å². The maximum absolute atomic E-state index is 12.5. The quantitative estimate of drug-likeness (QED) is 0.588. The molecule has 36 heavy (non-hydrogen) atoms. The van der Waals surface area contributed by atoms with Gasteiger partial charge in [-0.2, -0.15) is 0 Å². The normalized spacial score (nSPS) is 17.6. The number of morpholine rings is 1. The van der Waals surface area contributed by atoms with E-state index in [2.05, 4.69) is 9.47 Å². The van der Waals surface area contributed by atoms with Crippen LogP contribution in [-0.4, -0.2) is 80.6 Å². The van der Waals surface area contributed by atoms with E-state index in [0.29, 0.717) is 32.1 Å². The molecule has 1 amide bonds. The van der Waals surface area contributed by atoms with Gasteiger partial charge < -0.3 is 28.9 Å². The number of imidazole rings is 1. The number of aliphatic hydroxyl groups excluding tert-OH is 1. The summed E-state index contributed by atoms with van der Waals surface area (Å²) < 4.78 is 13.2. The Bertz CT molecular complexity index is 1220. The maximum Gasteiger partial charge on any atom is 0.410 e. The number of hydrogen-bond acceptors (Lipinski definition) is 8. The van der Waals surface area contributed by atoms with Crippen LogP contribution < -0.4 is 4.90 Å². The van der Waals surface area contributed by atoms with E-state index in [1.54, 1.807) is 4.90 Å². The first-order valence-corrected chi connectivity index (χ1v) is 12.6. The molecule has 0 spiro atoms. The summed E-state index contributed by atoms with van der Waals surface area (Å²) in [5.74, 6) is 1.41. The van der Waals surface area contributed by atoms with Crippen molar-refractivity contribution in [1.29, 1.82) is 0 Å². The molecule has 10 nitrogen and oxygen atoms in total. The van der Waals surface area contributed by atoms with Gasteiger partial charge >= 0.3 is 6.09 Å². The Kier molecular flexibility index (Phi) is 6.81. The number of aliphatic hydroxyl groups is 1. The molecular weight excluding hydrogens is 460 g/mol. The molecule has 192 valence electrons. The number of aromatic nitrogens is 4. The van der Waals surface area contributed by atoms with Crippen molar-refractivity contribution in [2.45, 2.75) is 51.9 Å². The van der Waals surface area contributed by atoms with Crippen molar-refractivity contribution >= 4 is 23.1 Å². The molecule has 2 aliphatic rings. The highest BCUT2D eigenvalue weighted by molar-refractivity contribution is 5.86. The number of carbonyl (C=O) groups is 1. The summed E-state index contributed by atoms with van der Waals surface area (Å²) in [5, 5.41) is 9.63. The topological polar surface area (TPSA) is 106 Å². The predicted octanol–water partition coefficient (Wildman–Crippen LogP) is 3.39. The van der Waals surface area contributed by atoms with E-state index in [1.807, 2.05) is 51.4 Å². The monoisotopic (exact) mass is 494 g/mol. The predicted molar refractivity (Wildman–Crippen MR) is 136 cm³/mol. The van der Waals surface area contributed by atoms with Gasteiger partial charge in [-0.15, -0.1) is 0 Å². The van der Waals surface area contributed by atoms with E-state index in [-0.39, 0.29) is 18.7 Å². The van der Waals surface area contributed by atoms with Crippen molar-refractivity contribution in [2.24, 2.45) is 0 Å². The summed E-state index contributed by atoms with van der Waals surface area (Å²) in [4.78, 5) is 31.1. The number of carbonyl (C=O) groups excluding carboxylic acids is 1. The van der Waals surface area contributed by atoms with Crippen LogP contribution in [0.15, 0.2) is 30.6 Å². The highest BCUT2D eigenvalue weighted by Crippen LogP contribution is 2.32. The summed E-state index contributed by atoms with van der Waals surface area (Å²) >= 11 is 0. The molecule has 0 aliphatic carbocycles. The van der Waals surface area contributed by atoms with E-state index in [1.165, 1.54) is 0 Å². The molecule has 0 bridgehead atoms. The standard InChI is InChI=1S/C26H34N6O4/c1-26(2,3)36-25(34)31-9-7-20(8-10-31)32-17-27-21-23(30-11-13-35-14-12-30)28-22(29-24(21)32)19-6-4-5-18(15-19)16-33/h4-6,15,17,20,33H,7-14,16H2,1-3H3. The molecule has 0 saturated carbocycles. The van der Waals surface area contributed by atoms with Crippen LogP contribution in [-0.2, 0) is 16.1 Å². The third-order valence-electron chi connectivity index (χ3n) is 6.59. The molecule has 3 aromatic rings. The Balaban J connectivity index is 1.47. The minimum atomic E-state index is -0.509. The molecule has 2 aromatic heterocycles. The van der Waals surface area contributed by atoms with Crippen LogP contribution in [0, 0.1) is 0 Å². The number of fused-ring (bicyclic) bond motifs is 1. The number of nitrogens with zero attached hydrogens (tertiary/aromatic N) is 6. The largest absolute Gasteiger partial charge is 0.444 e. The number of ether oxygens (including phenoxy) is 2. The van der Waals surface area contributed by atoms with Gasteiger partial charge in [0.2, 0.25) is 0 Å². The molecule has 0 radical (unpaired) electrons. The Morgan fingerprint density at radius 3 is 2.58 bits per heavy atom. The molecule has 2 fully saturated rings. The number of benzene rings is 1. The van der Waals surface area contributed by atoms with Gasteiger partial charge in [-0.3, -0.25) is 0 Å². The first kappa shape index (κ1) is 24.5. The van der Waals surface area contributed by atoms with E-state index in [4.69, 9.17) is 24.4 Å². The zero-order valence-electron chi connectivity index (χ0n) is 21.2. The average Bonchev–Trinajstić information content (AvgIpc) is 3.32. The van der Waals surface area contributed by atoms with E-state index in [9.17, 15) is 9.90 Å². The zero-order valence-corrected chi connectivity index (χ0v) is 21.2. The van der Waals surface area contributed by atoms with Crippen LogP contribution in [0.2, 0.25) is 0 Å². The molecule has 1 aromatic carbocycles. The van der Waals surface area contributed by atoms with Crippen LogP contribution in [0.3, 0.4) is 0 Å². The number of hydrogen-bond donors (Lipinski definition) is 1. The van der Waals surface area contributed by atoms with Gasteiger partial charge in [-0.1, -0.05) is 18.2 Å². The summed E-state index contributed by atoms with van der Waals surface area (Å²) in [6.45, 7) is 9.61. The molecule has 5 rings (SSSR count). The maximum atomic E-state index is 12.5. The minimum Gasteiger partial charge on any atom is -0.444 e. The second-order valence-electron chi connectivity index (χ2n) is 10.4. The number of anilines is 1. The second-order valence-corrected chi connectivity index (χ2v) is 10.4. The van der Waals surface area contributed by atoms with Gasteiger partial charge in [0.1, 0.15) is 5.60 Å². The summed E-state index contributed by atoms with van der Waals surface area (Å²) in [7, 11) is 0. The van der Waals surface area contributed by atoms with Crippen molar-refractivity contribution in [3.8, 4) is 11.4 Å². The van der Waals surface area contributed by atoms with Crippen LogP contribution >= 0.6 is 0 Å². The highest BCUT2D eigenvalue weighted by atomic mass is 16.6. The molecule has 10 heteroatoms. The minimum absolute atomic E-state index is 0.0411. The lowest BCUT2D eigenvalue weighted by molar-refractivity contribution is 0.0189. The van der Waals surface area contributed by atoms with E-state index in [0.717, 1.165) is 54.0 Å². The fourth-order valence-electron chi connectivity index (χ4n) is 4.76. The number of rotatable bonds is 4. The third-order valence-corrected chi connectivity index (χ3v) is 6.59. The SMILES string of the molecule is CC(C)(C)OC(=O)N1CCC(n2cnc3c(N4CCOCC4)nc(-c4cccc(CO)c4)nc32)CC1. The lowest BCUT2D eigenvalue weighted by Crippen LogP contribution is -2.42. The van der Waals surface area contributed by atoms with Crippen molar-refractivity contribution in [1.82, 2.24) is 24.4 Å². The van der Waals surface area contributed by atoms with Crippen molar-refractivity contribution < 1.29 is 19.4 Å². The van der Waals surface area contributed by atoms with Crippen LogP contribution in [0.5, 0.6) is 0 Å². The van der Waals surface area contributed by atoms with Crippen LogP contribution in [0.4, 0.5) is 10.6 Å². The summed E-state index contributed by atoms with van der Waals surface area (Å²) in [6.07, 6.45) is 3.17. The number of amides is 1. The van der Waals surface area contributed by atoms with Gasteiger partial charge in [0, 0.05) is 37.8 Å². The van der Waals surface area contributed by atoms with E-state index < -0.39 is 5.60 Å². The fraction of sp³-hybridized carbons (Fsp3) is 0.538.